The molecule has 1 aliphatic heterocycles. The van der Waals surface area contributed by atoms with E-state index >= 15 is 0 Å². The molecule has 0 radical (unpaired) electrons. The van der Waals surface area contributed by atoms with Gasteiger partial charge in [0.1, 0.15) is 0 Å². The summed E-state index contributed by atoms with van der Waals surface area (Å²) >= 11 is 6.04. The van der Waals surface area contributed by atoms with Crippen molar-refractivity contribution in [1.29, 1.82) is 0 Å². The molecule has 1 heterocycles. The van der Waals surface area contributed by atoms with Crippen molar-refractivity contribution in [2.45, 2.75) is 46.6 Å². The van der Waals surface area contributed by atoms with Crippen LogP contribution < -0.4 is 14.8 Å². The minimum absolute atomic E-state index is 0.0544. The molecule has 0 bridgehead atoms. The van der Waals surface area contributed by atoms with Crippen molar-refractivity contribution >= 4 is 23.5 Å². The van der Waals surface area contributed by atoms with E-state index in [9.17, 15) is 9.59 Å². The van der Waals surface area contributed by atoms with Crippen LogP contribution in [0.15, 0.2) is 12.1 Å². The van der Waals surface area contributed by atoms with Crippen molar-refractivity contribution in [2.24, 2.45) is 5.41 Å². The first-order valence-corrected chi connectivity index (χ1v) is 8.42. The molecule has 1 aromatic carbocycles. The van der Waals surface area contributed by atoms with Gasteiger partial charge in [-0.05, 0) is 37.8 Å². The fourth-order valence-electron chi connectivity index (χ4n) is 3.08. The average molecular weight is 370 g/mol. The summed E-state index contributed by atoms with van der Waals surface area (Å²) in [5, 5.41) is 3.15. The maximum Gasteiger partial charge on any atom is 0.338 e. The number of amides is 1. The Balaban J connectivity index is 1.92. The third-order valence-electron chi connectivity index (χ3n) is 3.45. The van der Waals surface area contributed by atoms with Crippen LogP contribution >= 0.6 is 11.6 Å². The molecule has 6 nitrogen and oxygen atoms in total. The van der Waals surface area contributed by atoms with Crippen LogP contribution in [0.1, 0.15) is 51.4 Å². The summed E-state index contributed by atoms with van der Waals surface area (Å²) in [6.45, 7) is 9.88. The number of ether oxygens (including phenoxy) is 3. The molecule has 1 amide bonds. The highest BCUT2D eigenvalue weighted by Crippen LogP contribution is 2.39. The van der Waals surface area contributed by atoms with E-state index in [-0.39, 0.29) is 35.3 Å². The summed E-state index contributed by atoms with van der Waals surface area (Å²) in [5.74, 6) is -0.214. The molecule has 0 unspecified atom stereocenters. The zero-order valence-corrected chi connectivity index (χ0v) is 16.0. The topological polar surface area (TPSA) is 73.9 Å². The maximum absolute atomic E-state index is 12.1. The van der Waals surface area contributed by atoms with E-state index in [2.05, 4.69) is 26.1 Å². The molecule has 7 heteroatoms. The van der Waals surface area contributed by atoms with Crippen molar-refractivity contribution in [1.82, 2.24) is 5.32 Å². The molecule has 138 valence electrons. The monoisotopic (exact) mass is 369 g/mol. The largest absolute Gasteiger partial charge is 0.454 e. The predicted molar refractivity (Wildman–Crippen MR) is 94.2 cm³/mol. The third-order valence-corrected chi connectivity index (χ3v) is 3.73. The molecule has 0 aromatic heterocycles. The second-order valence-corrected chi connectivity index (χ2v) is 8.34. The summed E-state index contributed by atoms with van der Waals surface area (Å²) in [6, 6.07) is 2.91. The van der Waals surface area contributed by atoms with E-state index in [1.165, 1.54) is 12.1 Å². The van der Waals surface area contributed by atoms with E-state index in [0.29, 0.717) is 11.5 Å². The normalized spacial score (nSPS) is 13.5. The molecule has 25 heavy (non-hydrogen) atoms. The van der Waals surface area contributed by atoms with Gasteiger partial charge in [0.2, 0.25) is 6.79 Å². The standard InChI is InChI=1S/C18H24ClNO5/c1-17(2,3)9-18(4,5)20-14(21)8-23-16(22)11-6-12(19)15-13(7-11)24-10-25-15/h6-7H,8-10H2,1-5H3,(H,20,21). The fourth-order valence-corrected chi connectivity index (χ4v) is 3.35. The molecule has 0 saturated heterocycles. The lowest BCUT2D eigenvalue weighted by Crippen LogP contribution is -2.47. The summed E-state index contributed by atoms with van der Waals surface area (Å²) in [5.41, 5.74) is -0.128. The molecule has 0 atom stereocenters. The first-order valence-electron chi connectivity index (χ1n) is 8.04. The Morgan fingerprint density at radius 2 is 1.88 bits per heavy atom. The number of halogens is 1. The van der Waals surface area contributed by atoms with Crippen LogP contribution in [0.5, 0.6) is 11.5 Å². The van der Waals surface area contributed by atoms with Crippen molar-refractivity contribution in [3.8, 4) is 11.5 Å². The summed E-state index contributed by atoms with van der Waals surface area (Å²) in [4.78, 5) is 24.2. The highest BCUT2D eigenvalue weighted by Gasteiger charge is 2.27. The zero-order valence-electron chi connectivity index (χ0n) is 15.2. The number of hydrogen-bond donors (Lipinski definition) is 1. The second kappa shape index (κ2) is 7.12. The van der Waals surface area contributed by atoms with Crippen LogP contribution in [-0.4, -0.2) is 30.8 Å². The van der Waals surface area contributed by atoms with Gasteiger partial charge >= 0.3 is 5.97 Å². The lowest BCUT2D eigenvalue weighted by molar-refractivity contribution is -0.126. The van der Waals surface area contributed by atoms with Crippen LogP contribution in [0.3, 0.4) is 0 Å². The highest BCUT2D eigenvalue weighted by atomic mass is 35.5. The van der Waals surface area contributed by atoms with Crippen molar-refractivity contribution in [3.05, 3.63) is 22.7 Å². The highest BCUT2D eigenvalue weighted by molar-refractivity contribution is 6.32. The molecule has 1 aliphatic rings. The van der Waals surface area contributed by atoms with Crippen LogP contribution in [0.25, 0.3) is 0 Å². The number of carbonyl (C=O) groups is 2. The average Bonchev–Trinajstić information content (AvgIpc) is 2.90. The number of benzene rings is 1. The summed E-state index contributed by atoms with van der Waals surface area (Å²) in [7, 11) is 0. The number of hydrogen-bond acceptors (Lipinski definition) is 5. The Morgan fingerprint density at radius 1 is 1.20 bits per heavy atom. The van der Waals surface area contributed by atoms with Gasteiger partial charge in [-0.3, -0.25) is 4.79 Å². The second-order valence-electron chi connectivity index (χ2n) is 7.94. The van der Waals surface area contributed by atoms with Crippen molar-refractivity contribution in [3.63, 3.8) is 0 Å². The van der Waals surface area contributed by atoms with E-state index in [1.807, 2.05) is 13.8 Å². The molecular weight excluding hydrogens is 346 g/mol. The molecule has 0 saturated carbocycles. The molecule has 0 spiro atoms. The van der Waals surface area contributed by atoms with Gasteiger partial charge in [-0.15, -0.1) is 0 Å². The molecule has 1 aromatic rings. The van der Waals surface area contributed by atoms with E-state index in [0.717, 1.165) is 6.42 Å². The van der Waals surface area contributed by atoms with Gasteiger partial charge in [0, 0.05) is 5.54 Å². The Labute approximate surface area is 152 Å². The molecule has 0 fully saturated rings. The number of nitrogens with one attached hydrogen (secondary N) is 1. The first kappa shape index (κ1) is 19.4. The number of fused-ring (bicyclic) bond motifs is 1. The Kier molecular flexibility index (Phi) is 5.52. The fraction of sp³-hybridized carbons (Fsp3) is 0.556. The Hall–Kier alpha value is -1.95. The van der Waals surface area contributed by atoms with Gasteiger partial charge in [0.15, 0.2) is 18.1 Å². The van der Waals surface area contributed by atoms with Gasteiger partial charge in [0.05, 0.1) is 10.6 Å². The third kappa shape index (κ3) is 5.53. The SMILES string of the molecule is CC(C)(C)CC(C)(C)NC(=O)COC(=O)c1cc(Cl)c2c(c1)OCO2. The zero-order chi connectivity index (χ0) is 18.8. The number of carbonyl (C=O) groups excluding carboxylic acids is 2. The van der Waals surface area contributed by atoms with Crippen LogP contribution in [0, 0.1) is 5.41 Å². The lowest BCUT2D eigenvalue weighted by Gasteiger charge is -2.33. The molecular formula is C18H24ClNO5. The van der Waals surface area contributed by atoms with Crippen molar-refractivity contribution in [2.75, 3.05) is 13.4 Å². The van der Waals surface area contributed by atoms with Gasteiger partial charge in [-0.2, -0.15) is 0 Å². The van der Waals surface area contributed by atoms with Crippen LogP contribution in [0.2, 0.25) is 5.02 Å². The van der Waals surface area contributed by atoms with Gasteiger partial charge in [-0.1, -0.05) is 32.4 Å². The first-order chi connectivity index (χ1) is 11.5. The minimum atomic E-state index is -0.649. The maximum atomic E-state index is 12.1. The molecule has 2 rings (SSSR count). The van der Waals surface area contributed by atoms with Crippen LogP contribution in [0.4, 0.5) is 0 Å². The van der Waals surface area contributed by atoms with Gasteiger partial charge < -0.3 is 19.5 Å². The van der Waals surface area contributed by atoms with E-state index in [1.54, 1.807) is 0 Å². The van der Waals surface area contributed by atoms with Gasteiger partial charge in [0.25, 0.3) is 5.91 Å². The number of esters is 1. The summed E-state index contributed by atoms with van der Waals surface area (Å²) < 4.78 is 15.5. The Morgan fingerprint density at radius 3 is 2.52 bits per heavy atom. The lowest BCUT2D eigenvalue weighted by atomic mass is 9.82. The molecule has 0 aliphatic carbocycles. The molecule has 1 N–H and O–H groups in total. The minimum Gasteiger partial charge on any atom is -0.454 e. The van der Waals surface area contributed by atoms with Crippen molar-refractivity contribution < 1.29 is 23.8 Å². The smallest absolute Gasteiger partial charge is 0.338 e. The quantitative estimate of drug-likeness (QED) is 0.803. The summed E-state index contributed by atoms with van der Waals surface area (Å²) in [6.07, 6.45) is 0.789. The Bertz CT molecular complexity index is 679. The van der Waals surface area contributed by atoms with Gasteiger partial charge in [-0.25, -0.2) is 4.79 Å². The predicted octanol–water partition coefficient (Wildman–Crippen LogP) is 3.56. The number of rotatable bonds is 5. The van der Waals surface area contributed by atoms with E-state index < -0.39 is 11.5 Å². The van der Waals surface area contributed by atoms with Crippen LogP contribution in [-0.2, 0) is 9.53 Å². The van der Waals surface area contributed by atoms with E-state index in [4.69, 9.17) is 25.8 Å².